The topological polar surface area (TPSA) is 61.4 Å². The summed E-state index contributed by atoms with van der Waals surface area (Å²) >= 11 is 6.03. The van der Waals surface area contributed by atoms with Crippen molar-refractivity contribution in [2.75, 3.05) is 13.1 Å². The van der Waals surface area contributed by atoms with E-state index < -0.39 is 6.04 Å². The van der Waals surface area contributed by atoms with Gasteiger partial charge in [0.25, 0.3) is 0 Å². The number of benzene rings is 1. The van der Waals surface area contributed by atoms with Crippen molar-refractivity contribution in [3.8, 4) is 0 Å². The van der Waals surface area contributed by atoms with Crippen molar-refractivity contribution in [1.82, 2.24) is 15.5 Å². The second kappa shape index (κ2) is 5.32. The van der Waals surface area contributed by atoms with Crippen molar-refractivity contribution in [2.24, 2.45) is 0 Å². The molecule has 2 atom stereocenters. The first kappa shape index (κ1) is 13.2. The SMILES string of the molecule is O=C1NC[C@H](C(=O)N2CCC[C@@H]2c2cccc(Cl)c2)N1. The van der Waals surface area contributed by atoms with E-state index in [1.807, 2.05) is 29.2 Å². The minimum absolute atomic E-state index is 0.0224. The van der Waals surface area contributed by atoms with Crippen LogP contribution in [0.5, 0.6) is 0 Å². The first-order chi connectivity index (χ1) is 9.65. The van der Waals surface area contributed by atoms with Gasteiger partial charge in [-0.15, -0.1) is 0 Å². The Balaban J connectivity index is 1.78. The van der Waals surface area contributed by atoms with Gasteiger partial charge in [-0.25, -0.2) is 4.79 Å². The second-order valence-electron chi connectivity index (χ2n) is 5.15. The summed E-state index contributed by atoms with van der Waals surface area (Å²) in [7, 11) is 0. The molecule has 20 heavy (non-hydrogen) atoms. The van der Waals surface area contributed by atoms with Crippen LogP contribution in [0, 0.1) is 0 Å². The Hall–Kier alpha value is -1.75. The van der Waals surface area contributed by atoms with Crippen LogP contribution >= 0.6 is 11.6 Å². The molecule has 2 saturated heterocycles. The smallest absolute Gasteiger partial charge is 0.315 e. The van der Waals surface area contributed by atoms with E-state index in [-0.39, 0.29) is 18.0 Å². The normalized spacial score (nSPS) is 25.4. The number of halogens is 1. The lowest BCUT2D eigenvalue weighted by Gasteiger charge is -2.27. The lowest BCUT2D eigenvalue weighted by molar-refractivity contribution is -0.133. The third kappa shape index (κ3) is 2.45. The summed E-state index contributed by atoms with van der Waals surface area (Å²) in [6, 6.07) is 6.95. The number of hydrogen-bond donors (Lipinski definition) is 2. The standard InChI is InChI=1S/C14H16ClN3O2/c15-10-4-1-3-9(7-10)12-5-2-6-18(12)13(19)11-8-16-14(20)17-11/h1,3-4,7,11-12H,2,5-6,8H2,(H2,16,17,20)/t11-,12-/m1/s1. The fraction of sp³-hybridized carbons (Fsp3) is 0.429. The highest BCUT2D eigenvalue weighted by Gasteiger charge is 2.36. The van der Waals surface area contributed by atoms with E-state index in [0.29, 0.717) is 11.6 Å². The van der Waals surface area contributed by atoms with Crippen LogP contribution in [-0.2, 0) is 4.79 Å². The number of carbonyl (C=O) groups is 2. The first-order valence-corrected chi connectivity index (χ1v) is 7.13. The molecule has 106 valence electrons. The zero-order chi connectivity index (χ0) is 14.1. The highest BCUT2D eigenvalue weighted by molar-refractivity contribution is 6.30. The zero-order valence-electron chi connectivity index (χ0n) is 10.9. The minimum atomic E-state index is -0.456. The molecule has 3 rings (SSSR count). The van der Waals surface area contributed by atoms with Crippen LogP contribution in [0.3, 0.4) is 0 Å². The summed E-state index contributed by atoms with van der Waals surface area (Å²) in [6.07, 6.45) is 1.90. The predicted octanol–water partition coefficient (Wildman–Crippen LogP) is 1.68. The van der Waals surface area contributed by atoms with Gasteiger partial charge in [0.05, 0.1) is 6.04 Å². The molecule has 2 aliphatic rings. The molecule has 2 N–H and O–H groups in total. The third-order valence-electron chi connectivity index (χ3n) is 3.84. The van der Waals surface area contributed by atoms with Crippen molar-refractivity contribution in [3.63, 3.8) is 0 Å². The average Bonchev–Trinajstić information content (AvgIpc) is 3.06. The first-order valence-electron chi connectivity index (χ1n) is 6.75. The van der Waals surface area contributed by atoms with Gasteiger partial charge in [0, 0.05) is 18.1 Å². The summed E-state index contributed by atoms with van der Waals surface area (Å²) < 4.78 is 0. The minimum Gasteiger partial charge on any atom is -0.336 e. The van der Waals surface area contributed by atoms with E-state index in [1.54, 1.807) is 0 Å². The van der Waals surface area contributed by atoms with Gasteiger partial charge < -0.3 is 15.5 Å². The van der Waals surface area contributed by atoms with E-state index in [2.05, 4.69) is 10.6 Å². The van der Waals surface area contributed by atoms with Crippen molar-refractivity contribution >= 4 is 23.5 Å². The maximum atomic E-state index is 12.5. The summed E-state index contributed by atoms with van der Waals surface area (Å²) in [6.45, 7) is 1.08. The van der Waals surface area contributed by atoms with Crippen molar-refractivity contribution in [2.45, 2.75) is 24.9 Å². The van der Waals surface area contributed by atoms with E-state index in [0.717, 1.165) is 24.9 Å². The molecule has 3 amide bonds. The Kier molecular flexibility index (Phi) is 3.53. The Morgan fingerprint density at radius 1 is 1.40 bits per heavy atom. The number of carbonyl (C=O) groups excluding carboxylic acids is 2. The highest BCUT2D eigenvalue weighted by Crippen LogP contribution is 2.33. The number of nitrogens with zero attached hydrogens (tertiary/aromatic N) is 1. The largest absolute Gasteiger partial charge is 0.336 e. The van der Waals surface area contributed by atoms with Crippen molar-refractivity contribution in [3.05, 3.63) is 34.9 Å². The lowest BCUT2D eigenvalue weighted by Crippen LogP contribution is -2.45. The summed E-state index contributed by atoms with van der Waals surface area (Å²) in [5, 5.41) is 5.94. The molecule has 0 spiro atoms. The van der Waals surface area contributed by atoms with Gasteiger partial charge in [-0.1, -0.05) is 23.7 Å². The van der Waals surface area contributed by atoms with Crippen LogP contribution in [0.2, 0.25) is 5.02 Å². The van der Waals surface area contributed by atoms with E-state index in [9.17, 15) is 9.59 Å². The fourth-order valence-electron chi connectivity index (χ4n) is 2.90. The Morgan fingerprint density at radius 2 is 2.25 bits per heavy atom. The summed E-state index contributed by atoms with van der Waals surface area (Å²) in [5.74, 6) is -0.0224. The molecule has 0 aromatic heterocycles. The molecule has 0 aliphatic carbocycles. The molecule has 0 saturated carbocycles. The van der Waals surface area contributed by atoms with Crippen LogP contribution in [0.25, 0.3) is 0 Å². The van der Waals surface area contributed by atoms with Crippen molar-refractivity contribution < 1.29 is 9.59 Å². The van der Waals surface area contributed by atoms with Crippen LogP contribution < -0.4 is 10.6 Å². The monoisotopic (exact) mass is 293 g/mol. The van der Waals surface area contributed by atoms with Gasteiger partial charge in [0.1, 0.15) is 6.04 Å². The number of amides is 3. The van der Waals surface area contributed by atoms with Gasteiger partial charge in [-0.2, -0.15) is 0 Å². The fourth-order valence-corrected chi connectivity index (χ4v) is 3.09. The Labute approximate surface area is 122 Å². The van der Waals surface area contributed by atoms with E-state index in [4.69, 9.17) is 11.6 Å². The third-order valence-corrected chi connectivity index (χ3v) is 4.07. The Morgan fingerprint density at radius 3 is 2.95 bits per heavy atom. The summed E-state index contributed by atoms with van der Waals surface area (Å²) in [5.41, 5.74) is 1.06. The molecule has 1 aromatic rings. The molecule has 6 heteroatoms. The number of nitrogens with one attached hydrogen (secondary N) is 2. The molecule has 2 fully saturated rings. The number of hydrogen-bond acceptors (Lipinski definition) is 2. The van der Waals surface area contributed by atoms with Gasteiger partial charge in [-0.3, -0.25) is 4.79 Å². The molecule has 2 heterocycles. The maximum absolute atomic E-state index is 12.5. The number of urea groups is 1. The van der Waals surface area contributed by atoms with Gasteiger partial charge >= 0.3 is 6.03 Å². The van der Waals surface area contributed by atoms with Crippen molar-refractivity contribution in [1.29, 1.82) is 0 Å². The average molecular weight is 294 g/mol. The molecule has 1 aromatic carbocycles. The van der Waals surface area contributed by atoms with Gasteiger partial charge in [-0.05, 0) is 30.5 Å². The lowest BCUT2D eigenvalue weighted by atomic mass is 10.0. The quantitative estimate of drug-likeness (QED) is 0.871. The second-order valence-corrected chi connectivity index (χ2v) is 5.59. The maximum Gasteiger partial charge on any atom is 0.315 e. The van der Waals surface area contributed by atoms with Crippen LogP contribution in [0.1, 0.15) is 24.4 Å². The molecule has 2 aliphatic heterocycles. The van der Waals surface area contributed by atoms with Crippen LogP contribution in [0.4, 0.5) is 4.79 Å². The molecule has 0 radical (unpaired) electrons. The van der Waals surface area contributed by atoms with Gasteiger partial charge in [0.15, 0.2) is 0 Å². The van der Waals surface area contributed by atoms with Crippen LogP contribution in [-0.4, -0.2) is 36.0 Å². The predicted molar refractivity (Wildman–Crippen MR) is 75.5 cm³/mol. The molecule has 0 bridgehead atoms. The molecular formula is C14H16ClN3O2. The Bertz CT molecular complexity index is 549. The molecule has 0 unspecified atom stereocenters. The number of likely N-dealkylation sites (tertiary alicyclic amines) is 1. The molecular weight excluding hydrogens is 278 g/mol. The highest BCUT2D eigenvalue weighted by atomic mass is 35.5. The van der Waals surface area contributed by atoms with Crippen LogP contribution in [0.15, 0.2) is 24.3 Å². The summed E-state index contributed by atoms with van der Waals surface area (Å²) in [4.78, 5) is 25.5. The number of rotatable bonds is 2. The van der Waals surface area contributed by atoms with Gasteiger partial charge in [0.2, 0.25) is 5.91 Å². The van der Waals surface area contributed by atoms with E-state index >= 15 is 0 Å². The molecule has 5 nitrogen and oxygen atoms in total. The zero-order valence-corrected chi connectivity index (χ0v) is 11.7. The van der Waals surface area contributed by atoms with E-state index in [1.165, 1.54) is 0 Å².